The van der Waals surface area contributed by atoms with Crippen LogP contribution in [-0.4, -0.2) is 19.6 Å². The minimum Gasteiger partial charge on any atom is -0.376 e. The van der Waals surface area contributed by atoms with E-state index in [4.69, 9.17) is 0 Å². The van der Waals surface area contributed by atoms with Crippen LogP contribution in [0.2, 0.25) is 0 Å². The molecule has 108 valence electrons. The van der Waals surface area contributed by atoms with Crippen molar-refractivity contribution in [2.45, 2.75) is 19.9 Å². The van der Waals surface area contributed by atoms with Gasteiger partial charge in [-0.15, -0.1) is 0 Å². The molecule has 0 unspecified atom stereocenters. The molecule has 0 amide bonds. The number of nitrogens with zero attached hydrogens (tertiary/aromatic N) is 4. The molecule has 5 heteroatoms. The molecule has 1 N–H and O–H groups in total. The van der Waals surface area contributed by atoms with Crippen LogP contribution < -0.4 is 5.32 Å². The lowest BCUT2D eigenvalue weighted by atomic mass is 10.2. The Morgan fingerprint density at radius 3 is 2.52 bits per heavy atom. The first kappa shape index (κ1) is 13.4. The smallest absolute Gasteiger partial charge is 0.0765 e. The van der Waals surface area contributed by atoms with Crippen LogP contribution in [0.1, 0.15) is 24.2 Å². The lowest BCUT2D eigenvalue weighted by Gasteiger charge is -2.13. The molecule has 0 aliphatic heterocycles. The van der Waals surface area contributed by atoms with Crippen LogP contribution in [0, 0.1) is 6.92 Å². The predicted octanol–water partition coefficient (Wildman–Crippen LogP) is 3.09. The van der Waals surface area contributed by atoms with E-state index in [0.717, 1.165) is 22.6 Å². The van der Waals surface area contributed by atoms with E-state index < -0.39 is 0 Å². The van der Waals surface area contributed by atoms with Crippen molar-refractivity contribution in [1.82, 2.24) is 19.6 Å². The normalized spacial score (nSPS) is 12.3. The van der Waals surface area contributed by atoms with Crippen molar-refractivity contribution >= 4 is 5.69 Å². The molecule has 0 spiro atoms. The molecule has 21 heavy (non-hydrogen) atoms. The second-order valence-electron chi connectivity index (χ2n) is 5.20. The zero-order valence-electron chi connectivity index (χ0n) is 12.5. The first-order valence-electron chi connectivity index (χ1n) is 7.00. The number of hydrogen-bond donors (Lipinski definition) is 1. The molecule has 1 aromatic carbocycles. The predicted molar refractivity (Wildman–Crippen MR) is 83.5 cm³/mol. The molecular formula is C16H19N5. The van der Waals surface area contributed by atoms with Crippen molar-refractivity contribution in [2.75, 3.05) is 5.32 Å². The fraction of sp³-hybridized carbons (Fsp3) is 0.250. The Kier molecular flexibility index (Phi) is 3.48. The highest BCUT2D eigenvalue weighted by atomic mass is 15.3. The quantitative estimate of drug-likeness (QED) is 0.799. The highest BCUT2D eigenvalue weighted by Crippen LogP contribution is 2.23. The number of anilines is 1. The van der Waals surface area contributed by atoms with Gasteiger partial charge in [0.15, 0.2) is 0 Å². The van der Waals surface area contributed by atoms with Gasteiger partial charge in [-0.2, -0.15) is 10.2 Å². The number of benzene rings is 1. The number of hydrogen-bond acceptors (Lipinski definition) is 3. The summed E-state index contributed by atoms with van der Waals surface area (Å²) in [7, 11) is 1.93. The average molecular weight is 281 g/mol. The zero-order valence-corrected chi connectivity index (χ0v) is 12.5. The van der Waals surface area contributed by atoms with Crippen LogP contribution in [0.15, 0.2) is 48.9 Å². The third-order valence-corrected chi connectivity index (χ3v) is 3.61. The lowest BCUT2D eigenvalue weighted by Crippen LogP contribution is -2.07. The van der Waals surface area contributed by atoms with Crippen LogP contribution in [0.25, 0.3) is 5.69 Å². The summed E-state index contributed by atoms with van der Waals surface area (Å²) < 4.78 is 3.76. The van der Waals surface area contributed by atoms with Crippen molar-refractivity contribution < 1.29 is 0 Å². The van der Waals surface area contributed by atoms with Gasteiger partial charge in [-0.05, 0) is 26.0 Å². The van der Waals surface area contributed by atoms with Gasteiger partial charge in [0.25, 0.3) is 0 Å². The van der Waals surface area contributed by atoms with Gasteiger partial charge in [0, 0.05) is 18.8 Å². The van der Waals surface area contributed by atoms with Gasteiger partial charge in [-0.3, -0.25) is 4.68 Å². The molecular weight excluding hydrogens is 262 g/mol. The molecule has 2 aromatic heterocycles. The van der Waals surface area contributed by atoms with Crippen molar-refractivity contribution in [2.24, 2.45) is 7.05 Å². The summed E-state index contributed by atoms with van der Waals surface area (Å²) in [5, 5.41) is 12.2. The SMILES string of the molecule is Cc1c(N[C@@H](C)c2cnn(C)c2)cnn1-c1ccccc1. The third-order valence-electron chi connectivity index (χ3n) is 3.61. The number of aromatic nitrogens is 4. The van der Waals surface area contributed by atoms with Crippen molar-refractivity contribution in [3.05, 3.63) is 60.2 Å². The zero-order chi connectivity index (χ0) is 14.8. The van der Waals surface area contributed by atoms with E-state index in [0.29, 0.717) is 0 Å². The molecule has 0 bridgehead atoms. The summed E-state index contributed by atoms with van der Waals surface area (Å²) in [4.78, 5) is 0. The Balaban J connectivity index is 1.83. The number of rotatable bonds is 4. The fourth-order valence-electron chi connectivity index (χ4n) is 2.36. The minimum atomic E-state index is 0.186. The fourth-order valence-corrected chi connectivity index (χ4v) is 2.36. The van der Waals surface area contributed by atoms with Gasteiger partial charge in [-0.25, -0.2) is 4.68 Å². The number of para-hydroxylation sites is 1. The standard InChI is InChI=1S/C16H19N5/c1-12(14-9-17-20(3)11-14)19-16-10-18-21(13(16)2)15-7-5-4-6-8-15/h4-12,19H,1-3H3/t12-/m0/s1. The molecule has 2 heterocycles. The third kappa shape index (κ3) is 2.67. The highest BCUT2D eigenvalue weighted by Gasteiger charge is 2.12. The molecule has 0 aliphatic rings. The first-order chi connectivity index (χ1) is 10.1. The van der Waals surface area contributed by atoms with E-state index >= 15 is 0 Å². The Morgan fingerprint density at radius 1 is 1.10 bits per heavy atom. The monoisotopic (exact) mass is 281 g/mol. The largest absolute Gasteiger partial charge is 0.376 e. The van der Waals surface area contributed by atoms with E-state index in [9.17, 15) is 0 Å². The molecule has 0 fully saturated rings. The number of aryl methyl sites for hydroxylation is 1. The van der Waals surface area contributed by atoms with Gasteiger partial charge in [0.05, 0.1) is 35.5 Å². The van der Waals surface area contributed by atoms with E-state index in [1.54, 1.807) is 0 Å². The molecule has 0 radical (unpaired) electrons. The van der Waals surface area contributed by atoms with E-state index in [2.05, 4.69) is 29.4 Å². The maximum atomic E-state index is 4.47. The molecule has 0 aliphatic carbocycles. The maximum absolute atomic E-state index is 4.47. The topological polar surface area (TPSA) is 47.7 Å². The van der Waals surface area contributed by atoms with Crippen LogP contribution in [-0.2, 0) is 7.05 Å². The Bertz CT molecular complexity index is 726. The van der Waals surface area contributed by atoms with Crippen molar-refractivity contribution in [3.8, 4) is 5.69 Å². The van der Waals surface area contributed by atoms with Crippen LogP contribution >= 0.6 is 0 Å². The highest BCUT2D eigenvalue weighted by molar-refractivity contribution is 5.50. The lowest BCUT2D eigenvalue weighted by molar-refractivity contribution is 0.765. The van der Waals surface area contributed by atoms with Gasteiger partial charge < -0.3 is 5.32 Å². The summed E-state index contributed by atoms with van der Waals surface area (Å²) in [5.41, 5.74) is 4.36. The molecule has 5 nitrogen and oxygen atoms in total. The summed E-state index contributed by atoms with van der Waals surface area (Å²) in [6.45, 7) is 4.19. The Hall–Kier alpha value is -2.56. The second kappa shape index (κ2) is 5.44. The molecule has 0 saturated heterocycles. The van der Waals surface area contributed by atoms with Gasteiger partial charge in [0.2, 0.25) is 0 Å². The number of nitrogens with one attached hydrogen (secondary N) is 1. The molecule has 1 atom stereocenters. The maximum Gasteiger partial charge on any atom is 0.0765 e. The summed E-state index contributed by atoms with van der Waals surface area (Å²) >= 11 is 0. The molecule has 0 saturated carbocycles. The summed E-state index contributed by atoms with van der Waals surface area (Å²) in [5.74, 6) is 0. The van der Waals surface area contributed by atoms with Gasteiger partial charge in [-0.1, -0.05) is 18.2 Å². The van der Waals surface area contributed by atoms with E-state index in [1.165, 1.54) is 0 Å². The van der Waals surface area contributed by atoms with Gasteiger partial charge >= 0.3 is 0 Å². The van der Waals surface area contributed by atoms with Crippen LogP contribution in [0.4, 0.5) is 5.69 Å². The Labute approximate surface area is 124 Å². The second-order valence-corrected chi connectivity index (χ2v) is 5.20. The average Bonchev–Trinajstić information content (AvgIpc) is 3.07. The van der Waals surface area contributed by atoms with E-state index in [1.807, 2.05) is 65.3 Å². The molecule has 3 aromatic rings. The minimum absolute atomic E-state index is 0.186. The molecule has 3 rings (SSSR count). The first-order valence-corrected chi connectivity index (χ1v) is 7.00. The van der Waals surface area contributed by atoms with Crippen LogP contribution in [0.5, 0.6) is 0 Å². The van der Waals surface area contributed by atoms with Crippen LogP contribution in [0.3, 0.4) is 0 Å². The van der Waals surface area contributed by atoms with Crippen molar-refractivity contribution in [1.29, 1.82) is 0 Å². The summed E-state index contributed by atoms with van der Waals surface area (Å²) in [6.07, 6.45) is 5.78. The van der Waals surface area contributed by atoms with Crippen molar-refractivity contribution in [3.63, 3.8) is 0 Å². The van der Waals surface area contributed by atoms with Gasteiger partial charge in [0.1, 0.15) is 0 Å². The van der Waals surface area contributed by atoms with E-state index in [-0.39, 0.29) is 6.04 Å². The Morgan fingerprint density at radius 2 is 1.86 bits per heavy atom. The summed E-state index contributed by atoms with van der Waals surface area (Å²) in [6, 6.07) is 10.3.